The SMILES string of the molecule is CCOC(=O)c1c(NC(=O)CCCCCN2C(=O)c3cccc([N+](=O)[O-])c3C2=O)sc(C)c1-c1ccc(Cl)cc1. The zero-order valence-electron chi connectivity index (χ0n) is 21.8. The van der Waals surface area contributed by atoms with E-state index in [4.69, 9.17) is 16.3 Å². The van der Waals surface area contributed by atoms with Gasteiger partial charge in [-0.15, -0.1) is 11.3 Å². The molecule has 0 unspecified atom stereocenters. The smallest absolute Gasteiger partial charge is 0.341 e. The van der Waals surface area contributed by atoms with Crippen LogP contribution < -0.4 is 5.32 Å². The number of imide groups is 1. The van der Waals surface area contributed by atoms with Crippen LogP contribution in [-0.4, -0.2) is 46.7 Å². The molecule has 0 bridgehead atoms. The molecule has 0 saturated carbocycles. The Hall–Kier alpha value is -4.09. The van der Waals surface area contributed by atoms with Crippen molar-refractivity contribution in [1.29, 1.82) is 0 Å². The molecule has 0 spiro atoms. The van der Waals surface area contributed by atoms with Gasteiger partial charge < -0.3 is 10.1 Å². The van der Waals surface area contributed by atoms with Crippen LogP contribution in [0.4, 0.5) is 10.7 Å². The van der Waals surface area contributed by atoms with Crippen LogP contribution in [0.1, 0.15) is 68.6 Å². The highest BCUT2D eigenvalue weighted by Gasteiger charge is 2.40. The lowest BCUT2D eigenvalue weighted by molar-refractivity contribution is -0.385. The van der Waals surface area contributed by atoms with Crippen LogP contribution in [0.2, 0.25) is 5.02 Å². The van der Waals surface area contributed by atoms with E-state index >= 15 is 0 Å². The van der Waals surface area contributed by atoms with E-state index in [0.29, 0.717) is 40.4 Å². The Morgan fingerprint density at radius 3 is 2.45 bits per heavy atom. The van der Waals surface area contributed by atoms with Crippen molar-refractivity contribution in [1.82, 2.24) is 4.90 Å². The molecule has 0 fully saturated rings. The molecule has 0 atom stereocenters. The van der Waals surface area contributed by atoms with Gasteiger partial charge in [-0.25, -0.2) is 4.79 Å². The Labute approximate surface area is 239 Å². The zero-order valence-corrected chi connectivity index (χ0v) is 23.4. The molecule has 10 nitrogen and oxygen atoms in total. The number of halogens is 1. The molecule has 1 aromatic heterocycles. The number of nitrogens with zero attached hydrogens (tertiary/aromatic N) is 2. The lowest BCUT2D eigenvalue weighted by Crippen LogP contribution is -2.30. The zero-order chi connectivity index (χ0) is 29.0. The van der Waals surface area contributed by atoms with Gasteiger partial charge in [-0.05, 0) is 50.5 Å². The minimum absolute atomic E-state index is 0.0280. The number of thiophene rings is 1. The number of benzene rings is 2. The summed E-state index contributed by atoms with van der Waals surface area (Å²) in [4.78, 5) is 63.3. The number of nitro benzene ring substituents is 1. The van der Waals surface area contributed by atoms with Crippen LogP contribution in [0, 0.1) is 17.0 Å². The summed E-state index contributed by atoms with van der Waals surface area (Å²) in [5, 5.41) is 15.1. The van der Waals surface area contributed by atoms with E-state index in [2.05, 4.69) is 5.32 Å². The molecular weight excluding hydrogens is 558 g/mol. The Bertz CT molecular complexity index is 1500. The number of hydrogen-bond acceptors (Lipinski definition) is 8. The molecule has 1 aliphatic rings. The van der Waals surface area contributed by atoms with Gasteiger partial charge in [0, 0.05) is 34.5 Å². The second-order valence-corrected chi connectivity index (χ2v) is 10.7. The minimum atomic E-state index is -0.680. The Kier molecular flexibility index (Phi) is 8.96. The second kappa shape index (κ2) is 12.4. The minimum Gasteiger partial charge on any atom is -0.462 e. The van der Waals surface area contributed by atoms with E-state index < -0.39 is 22.7 Å². The van der Waals surface area contributed by atoms with Gasteiger partial charge in [-0.3, -0.25) is 29.4 Å². The first-order valence-corrected chi connectivity index (χ1v) is 13.8. The fraction of sp³-hybridized carbons (Fsp3) is 0.286. The summed E-state index contributed by atoms with van der Waals surface area (Å²) in [5.41, 5.74) is 1.20. The average Bonchev–Trinajstić information content (AvgIpc) is 3.37. The predicted octanol–water partition coefficient (Wildman–Crippen LogP) is 6.26. The largest absolute Gasteiger partial charge is 0.462 e. The molecule has 3 aromatic rings. The number of carbonyl (C=O) groups is 4. The van der Waals surface area contributed by atoms with Crippen molar-refractivity contribution in [3.05, 3.63) is 79.2 Å². The van der Waals surface area contributed by atoms with E-state index in [0.717, 1.165) is 15.3 Å². The number of esters is 1. The van der Waals surface area contributed by atoms with Gasteiger partial charge in [0.1, 0.15) is 16.1 Å². The highest BCUT2D eigenvalue weighted by molar-refractivity contribution is 7.17. The van der Waals surface area contributed by atoms with Crippen molar-refractivity contribution in [2.45, 2.75) is 39.5 Å². The first kappa shape index (κ1) is 28.9. The number of aryl methyl sites for hydroxylation is 1. The van der Waals surface area contributed by atoms with E-state index in [1.807, 2.05) is 6.92 Å². The van der Waals surface area contributed by atoms with Gasteiger partial charge >= 0.3 is 5.97 Å². The third-order valence-corrected chi connectivity index (χ3v) is 7.68. The van der Waals surface area contributed by atoms with Crippen LogP contribution in [0.25, 0.3) is 11.1 Å². The van der Waals surface area contributed by atoms with Crippen LogP contribution in [0.5, 0.6) is 0 Å². The molecule has 208 valence electrons. The molecule has 1 N–H and O–H groups in total. The molecule has 1 aliphatic heterocycles. The average molecular weight is 584 g/mol. The van der Waals surface area contributed by atoms with Crippen LogP contribution in [0.3, 0.4) is 0 Å². The summed E-state index contributed by atoms with van der Waals surface area (Å²) in [6.07, 6.45) is 1.59. The molecule has 4 rings (SSSR count). The summed E-state index contributed by atoms with van der Waals surface area (Å²) in [5.74, 6) is -2.06. The highest BCUT2D eigenvalue weighted by Crippen LogP contribution is 2.41. The Morgan fingerprint density at radius 2 is 1.77 bits per heavy atom. The van der Waals surface area contributed by atoms with Gasteiger partial charge in [-0.2, -0.15) is 0 Å². The molecular formula is C28H26ClN3O7S. The number of hydrogen-bond donors (Lipinski definition) is 1. The highest BCUT2D eigenvalue weighted by atomic mass is 35.5. The Balaban J connectivity index is 1.35. The van der Waals surface area contributed by atoms with E-state index in [9.17, 15) is 29.3 Å². The van der Waals surface area contributed by atoms with Crippen LogP contribution in [-0.2, 0) is 9.53 Å². The molecule has 12 heteroatoms. The molecule has 3 amide bonds. The Morgan fingerprint density at radius 1 is 1.05 bits per heavy atom. The number of fused-ring (bicyclic) bond motifs is 1. The van der Waals surface area contributed by atoms with Crippen molar-refractivity contribution in [3.63, 3.8) is 0 Å². The number of unbranched alkanes of at least 4 members (excludes halogenated alkanes) is 2. The molecule has 2 heterocycles. The molecule has 0 saturated heterocycles. The maximum absolute atomic E-state index is 12.8. The van der Waals surface area contributed by atoms with Crippen LogP contribution >= 0.6 is 22.9 Å². The summed E-state index contributed by atoms with van der Waals surface area (Å²) in [6, 6.07) is 11.0. The maximum atomic E-state index is 12.8. The van der Waals surface area contributed by atoms with E-state index in [-0.39, 0.29) is 42.3 Å². The number of ether oxygens (including phenoxy) is 1. The number of anilines is 1. The summed E-state index contributed by atoms with van der Waals surface area (Å²) in [7, 11) is 0. The first-order valence-electron chi connectivity index (χ1n) is 12.6. The maximum Gasteiger partial charge on any atom is 0.341 e. The van der Waals surface area contributed by atoms with Gasteiger partial charge in [-0.1, -0.05) is 36.2 Å². The number of amides is 3. The standard InChI is InChI=1S/C28H26ClN3O7S/c1-3-39-28(36)24-22(17-11-13-18(29)14-12-17)16(2)40-25(24)30-21(33)10-5-4-6-15-31-26(34)19-8-7-9-20(32(37)38)23(19)27(31)35/h7-9,11-14H,3-6,10,15H2,1-2H3,(H,30,33). The van der Waals surface area contributed by atoms with Crippen molar-refractivity contribution in [3.8, 4) is 11.1 Å². The summed E-state index contributed by atoms with van der Waals surface area (Å²) in [6.45, 7) is 3.84. The predicted molar refractivity (Wildman–Crippen MR) is 151 cm³/mol. The number of nitro groups is 1. The third kappa shape index (κ3) is 5.90. The van der Waals surface area contributed by atoms with Gasteiger partial charge in [0.15, 0.2) is 0 Å². The quantitative estimate of drug-likeness (QED) is 0.0925. The number of rotatable bonds is 11. The molecule has 40 heavy (non-hydrogen) atoms. The van der Waals surface area contributed by atoms with E-state index in [1.165, 1.54) is 29.5 Å². The second-order valence-electron chi connectivity index (χ2n) is 9.04. The normalized spacial score (nSPS) is 12.4. The van der Waals surface area contributed by atoms with Crippen molar-refractivity contribution >= 4 is 57.3 Å². The van der Waals surface area contributed by atoms with Crippen molar-refractivity contribution < 1.29 is 28.8 Å². The van der Waals surface area contributed by atoms with Crippen molar-refractivity contribution in [2.24, 2.45) is 0 Å². The molecule has 0 radical (unpaired) electrons. The topological polar surface area (TPSA) is 136 Å². The molecule has 2 aromatic carbocycles. The fourth-order valence-corrected chi connectivity index (χ4v) is 5.79. The number of nitrogens with one attached hydrogen (secondary N) is 1. The fourth-order valence-electron chi connectivity index (χ4n) is 4.59. The number of carbonyl (C=O) groups excluding carboxylic acids is 4. The molecule has 0 aliphatic carbocycles. The monoisotopic (exact) mass is 583 g/mol. The van der Waals surface area contributed by atoms with Gasteiger partial charge in [0.2, 0.25) is 5.91 Å². The van der Waals surface area contributed by atoms with Crippen molar-refractivity contribution in [2.75, 3.05) is 18.5 Å². The lowest BCUT2D eigenvalue weighted by atomic mass is 10.0. The van der Waals surface area contributed by atoms with E-state index in [1.54, 1.807) is 31.2 Å². The summed E-state index contributed by atoms with van der Waals surface area (Å²) < 4.78 is 5.27. The lowest BCUT2D eigenvalue weighted by Gasteiger charge is -2.13. The van der Waals surface area contributed by atoms with Crippen LogP contribution in [0.15, 0.2) is 42.5 Å². The van der Waals surface area contributed by atoms with Gasteiger partial charge in [0.25, 0.3) is 17.5 Å². The first-order chi connectivity index (χ1) is 19.1. The third-order valence-electron chi connectivity index (χ3n) is 6.41. The summed E-state index contributed by atoms with van der Waals surface area (Å²) >= 11 is 7.30. The van der Waals surface area contributed by atoms with Gasteiger partial charge in [0.05, 0.1) is 17.1 Å².